The number of hydrogen-bond acceptors (Lipinski definition) is 5. The molecule has 1 atom stereocenters. The van der Waals surface area contributed by atoms with Gasteiger partial charge < -0.3 is 15.0 Å². The molecule has 0 aliphatic heterocycles. The molecule has 0 aliphatic carbocycles. The number of thioether (sulfide) groups is 1. The second-order valence-electron chi connectivity index (χ2n) is 5.12. The van der Waals surface area contributed by atoms with Gasteiger partial charge in [0.1, 0.15) is 5.75 Å². The van der Waals surface area contributed by atoms with Gasteiger partial charge in [0.05, 0.1) is 23.6 Å². The minimum Gasteiger partial charge on any atom is -0.495 e. The zero-order valence-electron chi connectivity index (χ0n) is 13.4. The first kappa shape index (κ1) is 16.3. The second-order valence-corrected chi connectivity index (χ2v) is 6.31. The number of amides is 1. The van der Waals surface area contributed by atoms with Crippen LogP contribution in [0.5, 0.6) is 5.75 Å². The number of pyridine rings is 1. The van der Waals surface area contributed by atoms with Gasteiger partial charge in [-0.15, -0.1) is 0 Å². The molecule has 0 spiro atoms. The maximum Gasteiger partial charge on any atom is 0.238 e. The first-order valence-corrected chi connectivity index (χ1v) is 8.50. The quantitative estimate of drug-likeness (QED) is 0.671. The molecule has 3 aromatic rings. The van der Waals surface area contributed by atoms with E-state index < -0.39 is 0 Å². The van der Waals surface area contributed by atoms with Crippen molar-refractivity contribution in [3.05, 3.63) is 42.6 Å². The standard InChI is InChI=1S/C17H18N4O2S/c1-3-14(16(22)19-11-7-4-5-9-13(11)23-2)24-17-20-12-8-6-10-18-15(12)21-17/h4-10,14H,3H2,1-2H3,(H,19,22)(H,18,20,21)/t14-/m0/s1. The molecule has 0 fully saturated rings. The van der Waals surface area contributed by atoms with Crippen LogP contribution in [0.2, 0.25) is 0 Å². The highest BCUT2D eigenvalue weighted by Crippen LogP contribution is 2.28. The fraction of sp³-hybridized carbons (Fsp3) is 0.235. The van der Waals surface area contributed by atoms with Gasteiger partial charge in [0, 0.05) is 6.20 Å². The van der Waals surface area contributed by atoms with Crippen molar-refractivity contribution in [2.24, 2.45) is 0 Å². The lowest BCUT2D eigenvalue weighted by Gasteiger charge is -2.15. The average Bonchev–Trinajstić information content (AvgIpc) is 3.02. The van der Waals surface area contributed by atoms with E-state index >= 15 is 0 Å². The lowest BCUT2D eigenvalue weighted by Crippen LogP contribution is -2.24. The van der Waals surface area contributed by atoms with E-state index in [1.54, 1.807) is 13.3 Å². The van der Waals surface area contributed by atoms with Gasteiger partial charge in [-0.05, 0) is 30.7 Å². The predicted molar refractivity (Wildman–Crippen MR) is 95.4 cm³/mol. The summed E-state index contributed by atoms with van der Waals surface area (Å²) in [7, 11) is 1.58. The van der Waals surface area contributed by atoms with Crippen LogP contribution >= 0.6 is 11.8 Å². The van der Waals surface area contributed by atoms with Crippen molar-refractivity contribution >= 4 is 34.5 Å². The monoisotopic (exact) mass is 342 g/mol. The van der Waals surface area contributed by atoms with Gasteiger partial charge in [0.25, 0.3) is 0 Å². The van der Waals surface area contributed by atoms with Gasteiger partial charge in [-0.2, -0.15) is 0 Å². The molecule has 1 aromatic carbocycles. The Morgan fingerprint density at radius 3 is 2.92 bits per heavy atom. The number of rotatable bonds is 6. The molecule has 0 saturated carbocycles. The number of hydrogen-bond donors (Lipinski definition) is 2. The van der Waals surface area contributed by atoms with Crippen LogP contribution in [0.3, 0.4) is 0 Å². The zero-order chi connectivity index (χ0) is 16.9. The Bertz CT molecular complexity index is 816. The van der Waals surface area contributed by atoms with Gasteiger partial charge in [0.2, 0.25) is 5.91 Å². The number of H-pyrrole nitrogens is 1. The third-order valence-electron chi connectivity index (χ3n) is 3.52. The second kappa shape index (κ2) is 7.35. The third kappa shape index (κ3) is 3.51. The molecule has 2 heterocycles. The number of fused-ring (bicyclic) bond motifs is 1. The van der Waals surface area contributed by atoms with Crippen molar-refractivity contribution in [1.29, 1.82) is 0 Å². The van der Waals surface area contributed by atoms with E-state index in [2.05, 4.69) is 20.3 Å². The number of ether oxygens (including phenoxy) is 1. The fourth-order valence-electron chi connectivity index (χ4n) is 2.30. The molecule has 24 heavy (non-hydrogen) atoms. The number of imidazole rings is 1. The van der Waals surface area contributed by atoms with E-state index in [0.717, 1.165) is 5.52 Å². The number of aromatic nitrogens is 3. The van der Waals surface area contributed by atoms with Crippen molar-refractivity contribution in [3.8, 4) is 5.75 Å². The van der Waals surface area contributed by atoms with Gasteiger partial charge in [-0.3, -0.25) is 4.79 Å². The van der Waals surface area contributed by atoms with Crippen molar-refractivity contribution in [2.75, 3.05) is 12.4 Å². The summed E-state index contributed by atoms with van der Waals surface area (Å²) in [5, 5.41) is 3.34. The van der Waals surface area contributed by atoms with Crippen LogP contribution in [0.4, 0.5) is 5.69 Å². The van der Waals surface area contributed by atoms with E-state index in [4.69, 9.17) is 4.74 Å². The van der Waals surface area contributed by atoms with Gasteiger partial charge in [-0.1, -0.05) is 30.8 Å². The van der Waals surface area contributed by atoms with Crippen LogP contribution in [0.1, 0.15) is 13.3 Å². The summed E-state index contributed by atoms with van der Waals surface area (Å²) in [6.07, 6.45) is 2.37. The Balaban J connectivity index is 1.74. The Labute approximate surface area is 144 Å². The summed E-state index contributed by atoms with van der Waals surface area (Å²) in [6, 6.07) is 11.1. The Hall–Kier alpha value is -2.54. The topological polar surface area (TPSA) is 79.9 Å². The van der Waals surface area contributed by atoms with Gasteiger partial charge >= 0.3 is 0 Å². The van der Waals surface area contributed by atoms with Crippen LogP contribution in [-0.4, -0.2) is 33.2 Å². The highest BCUT2D eigenvalue weighted by atomic mass is 32.2. The molecule has 0 aliphatic rings. The normalized spacial score (nSPS) is 12.1. The Morgan fingerprint density at radius 2 is 2.17 bits per heavy atom. The van der Waals surface area contributed by atoms with Crippen molar-refractivity contribution in [1.82, 2.24) is 15.0 Å². The maximum absolute atomic E-state index is 12.6. The molecule has 0 saturated heterocycles. The molecule has 124 valence electrons. The van der Waals surface area contributed by atoms with Crippen molar-refractivity contribution in [2.45, 2.75) is 23.8 Å². The number of methoxy groups -OCH3 is 1. The predicted octanol–water partition coefficient (Wildman–Crippen LogP) is 3.48. The largest absolute Gasteiger partial charge is 0.495 e. The molecule has 3 rings (SSSR count). The molecule has 7 heteroatoms. The molecule has 2 aromatic heterocycles. The molecule has 1 amide bonds. The highest BCUT2D eigenvalue weighted by molar-refractivity contribution is 8.00. The first-order chi connectivity index (χ1) is 11.7. The molecule has 6 nitrogen and oxygen atoms in total. The Kier molecular flexibility index (Phi) is 5.00. The number of carbonyl (C=O) groups excluding carboxylic acids is 1. The minimum absolute atomic E-state index is 0.0829. The Morgan fingerprint density at radius 1 is 1.33 bits per heavy atom. The number of nitrogens with one attached hydrogen (secondary N) is 2. The van der Waals surface area contributed by atoms with Crippen LogP contribution in [-0.2, 0) is 4.79 Å². The highest BCUT2D eigenvalue weighted by Gasteiger charge is 2.21. The summed E-state index contributed by atoms with van der Waals surface area (Å²) in [5.41, 5.74) is 2.18. The number of para-hydroxylation sites is 2. The number of nitrogens with zero attached hydrogens (tertiary/aromatic N) is 2. The molecule has 0 radical (unpaired) electrons. The summed E-state index contributed by atoms with van der Waals surface area (Å²) >= 11 is 1.40. The molecule has 0 unspecified atom stereocenters. The SMILES string of the molecule is CC[C@H](Sc1nc2ncccc2[nH]1)C(=O)Nc1ccccc1OC. The maximum atomic E-state index is 12.6. The molecular weight excluding hydrogens is 324 g/mol. The van der Waals surface area contributed by atoms with Crippen molar-refractivity contribution in [3.63, 3.8) is 0 Å². The summed E-state index contributed by atoms with van der Waals surface area (Å²) < 4.78 is 5.27. The summed E-state index contributed by atoms with van der Waals surface area (Å²) in [4.78, 5) is 24.4. The van der Waals surface area contributed by atoms with Crippen LogP contribution < -0.4 is 10.1 Å². The molecule has 2 N–H and O–H groups in total. The number of benzene rings is 1. The number of carbonyl (C=O) groups is 1. The fourth-order valence-corrected chi connectivity index (χ4v) is 3.21. The van der Waals surface area contributed by atoms with E-state index in [1.807, 2.05) is 43.3 Å². The lowest BCUT2D eigenvalue weighted by atomic mass is 10.2. The third-order valence-corrected chi connectivity index (χ3v) is 4.77. The van der Waals surface area contributed by atoms with Gasteiger partial charge in [-0.25, -0.2) is 9.97 Å². The van der Waals surface area contributed by atoms with E-state index in [-0.39, 0.29) is 11.2 Å². The van der Waals surface area contributed by atoms with E-state index in [9.17, 15) is 4.79 Å². The zero-order valence-corrected chi connectivity index (χ0v) is 14.3. The number of aromatic amines is 1. The van der Waals surface area contributed by atoms with Gasteiger partial charge in [0.15, 0.2) is 10.8 Å². The minimum atomic E-state index is -0.268. The summed E-state index contributed by atoms with van der Waals surface area (Å²) in [5.74, 6) is 0.555. The average molecular weight is 342 g/mol. The van der Waals surface area contributed by atoms with E-state index in [1.165, 1.54) is 11.8 Å². The van der Waals surface area contributed by atoms with Crippen molar-refractivity contribution < 1.29 is 9.53 Å². The smallest absolute Gasteiger partial charge is 0.238 e. The van der Waals surface area contributed by atoms with Crippen LogP contribution in [0, 0.1) is 0 Å². The molecule has 0 bridgehead atoms. The van der Waals surface area contributed by atoms with E-state index in [0.29, 0.717) is 28.7 Å². The van der Waals surface area contributed by atoms with Crippen LogP contribution in [0.25, 0.3) is 11.2 Å². The molecular formula is C17H18N4O2S. The lowest BCUT2D eigenvalue weighted by molar-refractivity contribution is -0.115. The summed E-state index contributed by atoms with van der Waals surface area (Å²) in [6.45, 7) is 1.97. The number of anilines is 1. The first-order valence-electron chi connectivity index (χ1n) is 7.62. The van der Waals surface area contributed by atoms with Crippen LogP contribution in [0.15, 0.2) is 47.8 Å².